The lowest BCUT2D eigenvalue weighted by molar-refractivity contribution is 0.228. The van der Waals surface area contributed by atoms with Gasteiger partial charge in [-0.05, 0) is 31.0 Å². The Morgan fingerprint density at radius 3 is 1.86 bits per heavy atom. The standard InChI is InChI=1S/C11H23NOS/c1-6-13-11(14)12(7-9(2)3)8-10(4)5/h9-10H,6-8H2,1-5H3. The molecule has 0 heterocycles. The third-order valence-electron chi connectivity index (χ3n) is 1.70. The van der Waals surface area contributed by atoms with Crippen LogP contribution in [-0.4, -0.2) is 29.8 Å². The molecule has 0 unspecified atom stereocenters. The fraction of sp³-hybridized carbons (Fsp3) is 0.909. The summed E-state index contributed by atoms with van der Waals surface area (Å²) in [7, 11) is 0. The molecule has 0 aromatic carbocycles. The van der Waals surface area contributed by atoms with Gasteiger partial charge in [-0.3, -0.25) is 0 Å². The van der Waals surface area contributed by atoms with Gasteiger partial charge in [-0.2, -0.15) is 0 Å². The minimum absolute atomic E-state index is 0.618. The highest BCUT2D eigenvalue weighted by atomic mass is 32.1. The van der Waals surface area contributed by atoms with Crippen LogP contribution in [0.1, 0.15) is 34.6 Å². The number of thiocarbonyl (C=S) groups is 1. The summed E-state index contributed by atoms with van der Waals surface area (Å²) in [5, 5.41) is 0.648. The van der Waals surface area contributed by atoms with Crippen LogP contribution in [0.15, 0.2) is 0 Å². The summed E-state index contributed by atoms with van der Waals surface area (Å²) in [5.41, 5.74) is 0. The average Bonchev–Trinajstić information content (AvgIpc) is 2.01. The molecule has 0 spiro atoms. The quantitative estimate of drug-likeness (QED) is 0.657. The van der Waals surface area contributed by atoms with Crippen LogP contribution >= 0.6 is 12.2 Å². The normalized spacial score (nSPS) is 10.8. The van der Waals surface area contributed by atoms with Crippen LogP contribution in [0, 0.1) is 11.8 Å². The Balaban J connectivity index is 4.15. The molecule has 0 aromatic rings. The van der Waals surface area contributed by atoms with Gasteiger partial charge in [0.15, 0.2) is 0 Å². The number of nitrogens with zero attached hydrogens (tertiary/aromatic N) is 1. The maximum atomic E-state index is 5.36. The van der Waals surface area contributed by atoms with E-state index in [-0.39, 0.29) is 0 Å². The van der Waals surface area contributed by atoms with Gasteiger partial charge < -0.3 is 9.64 Å². The first-order valence-corrected chi connectivity index (χ1v) is 5.79. The summed E-state index contributed by atoms with van der Waals surface area (Å²) >= 11 is 5.22. The second-order valence-electron chi connectivity index (χ2n) is 4.39. The SMILES string of the molecule is CCOC(=S)N(CC(C)C)CC(C)C. The van der Waals surface area contributed by atoms with Crippen LogP contribution in [0.2, 0.25) is 0 Å². The van der Waals surface area contributed by atoms with Gasteiger partial charge >= 0.3 is 0 Å². The highest BCUT2D eigenvalue weighted by Gasteiger charge is 2.13. The Hall–Kier alpha value is -0.310. The van der Waals surface area contributed by atoms with Crippen LogP contribution in [0.4, 0.5) is 0 Å². The van der Waals surface area contributed by atoms with Crippen molar-refractivity contribution in [3.63, 3.8) is 0 Å². The van der Waals surface area contributed by atoms with Crippen molar-refractivity contribution < 1.29 is 4.74 Å². The Labute approximate surface area is 93.6 Å². The van der Waals surface area contributed by atoms with E-state index in [0.717, 1.165) is 13.1 Å². The van der Waals surface area contributed by atoms with Crippen LogP contribution in [0.25, 0.3) is 0 Å². The van der Waals surface area contributed by atoms with Crippen molar-refractivity contribution in [2.45, 2.75) is 34.6 Å². The molecule has 0 aliphatic rings. The van der Waals surface area contributed by atoms with E-state index in [1.165, 1.54) is 0 Å². The predicted octanol–water partition coefficient (Wildman–Crippen LogP) is 2.92. The number of hydrogen-bond acceptors (Lipinski definition) is 2. The van der Waals surface area contributed by atoms with Crippen LogP contribution in [0.3, 0.4) is 0 Å². The maximum Gasteiger partial charge on any atom is 0.259 e. The first kappa shape index (κ1) is 13.7. The number of hydrogen-bond donors (Lipinski definition) is 0. The van der Waals surface area contributed by atoms with Gasteiger partial charge in [-0.1, -0.05) is 27.7 Å². The topological polar surface area (TPSA) is 12.5 Å². The van der Waals surface area contributed by atoms with Crippen LogP contribution < -0.4 is 0 Å². The van der Waals surface area contributed by atoms with Crippen LogP contribution in [0.5, 0.6) is 0 Å². The van der Waals surface area contributed by atoms with Gasteiger partial charge in [-0.15, -0.1) is 0 Å². The second-order valence-corrected chi connectivity index (χ2v) is 4.74. The first-order valence-electron chi connectivity index (χ1n) is 5.39. The lowest BCUT2D eigenvalue weighted by Gasteiger charge is -2.27. The molecular formula is C11H23NOS. The third-order valence-corrected chi connectivity index (χ3v) is 2.07. The van der Waals surface area contributed by atoms with Crippen molar-refractivity contribution in [1.82, 2.24) is 4.90 Å². The van der Waals surface area contributed by atoms with Gasteiger partial charge in [0, 0.05) is 13.1 Å². The molecule has 0 fully saturated rings. The molecule has 84 valence electrons. The van der Waals surface area contributed by atoms with E-state index in [1.54, 1.807) is 0 Å². The summed E-state index contributed by atoms with van der Waals surface area (Å²) < 4.78 is 5.36. The molecule has 0 N–H and O–H groups in total. The molecule has 0 rings (SSSR count). The van der Waals surface area contributed by atoms with Gasteiger partial charge in [0.2, 0.25) is 0 Å². The first-order chi connectivity index (χ1) is 6.47. The van der Waals surface area contributed by atoms with E-state index in [1.807, 2.05) is 6.92 Å². The monoisotopic (exact) mass is 217 g/mol. The average molecular weight is 217 g/mol. The van der Waals surface area contributed by atoms with E-state index in [4.69, 9.17) is 17.0 Å². The summed E-state index contributed by atoms with van der Waals surface area (Å²) in [6.07, 6.45) is 0. The molecule has 0 aliphatic carbocycles. The third kappa shape index (κ3) is 6.19. The fourth-order valence-corrected chi connectivity index (χ4v) is 1.59. The Bertz CT molecular complexity index is 159. The highest BCUT2D eigenvalue weighted by molar-refractivity contribution is 7.80. The maximum absolute atomic E-state index is 5.36. The number of ether oxygens (including phenoxy) is 1. The van der Waals surface area contributed by atoms with E-state index in [2.05, 4.69) is 32.6 Å². The molecular weight excluding hydrogens is 194 g/mol. The Kier molecular flexibility index (Phi) is 6.89. The molecule has 0 atom stereocenters. The summed E-state index contributed by atoms with van der Waals surface area (Å²) in [5.74, 6) is 1.24. The number of rotatable bonds is 5. The Morgan fingerprint density at radius 1 is 1.14 bits per heavy atom. The van der Waals surface area contributed by atoms with Gasteiger partial charge in [-0.25, -0.2) is 0 Å². The highest BCUT2D eigenvalue weighted by Crippen LogP contribution is 2.06. The molecule has 0 aromatic heterocycles. The van der Waals surface area contributed by atoms with Crippen molar-refractivity contribution in [1.29, 1.82) is 0 Å². The second kappa shape index (κ2) is 7.04. The summed E-state index contributed by atoms with van der Waals surface area (Å²) in [4.78, 5) is 2.16. The molecule has 0 bridgehead atoms. The van der Waals surface area contributed by atoms with Crippen molar-refractivity contribution >= 4 is 17.4 Å². The minimum Gasteiger partial charge on any atom is -0.471 e. The summed E-state index contributed by atoms with van der Waals surface area (Å²) in [6.45, 7) is 13.4. The lowest BCUT2D eigenvalue weighted by Crippen LogP contribution is -2.37. The molecule has 0 saturated carbocycles. The van der Waals surface area contributed by atoms with Crippen LogP contribution in [-0.2, 0) is 4.74 Å². The molecule has 0 amide bonds. The van der Waals surface area contributed by atoms with E-state index >= 15 is 0 Å². The van der Waals surface area contributed by atoms with Gasteiger partial charge in [0.1, 0.15) is 0 Å². The zero-order valence-electron chi connectivity index (χ0n) is 10.0. The van der Waals surface area contributed by atoms with Crippen molar-refractivity contribution in [3.05, 3.63) is 0 Å². The molecule has 14 heavy (non-hydrogen) atoms. The lowest BCUT2D eigenvalue weighted by atomic mass is 10.1. The molecule has 3 heteroatoms. The Morgan fingerprint density at radius 2 is 1.57 bits per heavy atom. The smallest absolute Gasteiger partial charge is 0.259 e. The molecule has 2 nitrogen and oxygen atoms in total. The minimum atomic E-state index is 0.618. The fourth-order valence-electron chi connectivity index (χ4n) is 1.32. The van der Waals surface area contributed by atoms with Gasteiger partial charge in [0.05, 0.1) is 6.61 Å². The predicted molar refractivity (Wildman–Crippen MR) is 65.5 cm³/mol. The largest absolute Gasteiger partial charge is 0.471 e. The zero-order chi connectivity index (χ0) is 11.1. The van der Waals surface area contributed by atoms with E-state index < -0.39 is 0 Å². The van der Waals surface area contributed by atoms with Crippen molar-refractivity contribution in [2.75, 3.05) is 19.7 Å². The summed E-state index contributed by atoms with van der Waals surface area (Å²) in [6, 6.07) is 0. The molecule has 0 aliphatic heterocycles. The molecule has 0 saturated heterocycles. The van der Waals surface area contributed by atoms with Crippen molar-refractivity contribution in [3.8, 4) is 0 Å². The zero-order valence-corrected chi connectivity index (χ0v) is 10.9. The van der Waals surface area contributed by atoms with E-state index in [9.17, 15) is 0 Å². The van der Waals surface area contributed by atoms with Crippen molar-refractivity contribution in [2.24, 2.45) is 11.8 Å². The van der Waals surface area contributed by atoms with E-state index in [0.29, 0.717) is 23.6 Å². The molecule has 0 radical (unpaired) electrons. The van der Waals surface area contributed by atoms with Gasteiger partial charge in [0.25, 0.3) is 5.17 Å².